The van der Waals surface area contributed by atoms with E-state index in [1.165, 1.54) is 46.0 Å². The smallest absolute Gasteiger partial charge is 0.257 e. The number of benzene rings is 2. The number of thiazole rings is 1. The summed E-state index contributed by atoms with van der Waals surface area (Å²) in [7, 11) is -3.74. The number of hydrogen-bond donors (Lipinski definition) is 1. The van der Waals surface area contributed by atoms with Crippen LogP contribution in [0.25, 0.3) is 11.3 Å². The van der Waals surface area contributed by atoms with E-state index in [2.05, 4.69) is 10.3 Å². The Morgan fingerprint density at radius 3 is 2.47 bits per heavy atom. The molecular formula is C20H19ClFN3O3S2. The third kappa shape index (κ3) is 4.54. The Hall–Kier alpha value is -2.33. The molecule has 6 nitrogen and oxygen atoms in total. The van der Waals surface area contributed by atoms with Crippen molar-refractivity contribution in [3.63, 3.8) is 0 Å². The second-order valence-electron chi connectivity index (χ2n) is 6.22. The minimum Gasteiger partial charge on any atom is -0.312 e. The maximum absolute atomic E-state index is 13.2. The molecule has 0 radical (unpaired) electrons. The number of carbonyl (C=O) groups is 1. The quantitative estimate of drug-likeness (QED) is 0.536. The van der Waals surface area contributed by atoms with E-state index in [0.717, 1.165) is 0 Å². The highest BCUT2D eigenvalue weighted by Gasteiger charge is 2.24. The number of aromatic nitrogens is 1. The third-order valence-electron chi connectivity index (χ3n) is 4.44. The first-order valence-corrected chi connectivity index (χ1v) is 11.8. The zero-order valence-corrected chi connectivity index (χ0v) is 18.6. The molecule has 3 rings (SSSR count). The summed E-state index contributed by atoms with van der Waals surface area (Å²) in [5.41, 5.74) is 2.70. The van der Waals surface area contributed by atoms with Gasteiger partial charge in [0, 0.05) is 18.7 Å². The molecule has 2 aromatic carbocycles. The largest absolute Gasteiger partial charge is 0.312 e. The number of hydrogen-bond acceptors (Lipinski definition) is 5. The second kappa shape index (κ2) is 9.22. The fourth-order valence-electron chi connectivity index (χ4n) is 2.87. The first-order chi connectivity index (χ1) is 14.3. The SMILES string of the molecule is CCN(CC)S(=O)(=O)c1ccc(Cl)c(C(=O)Nc2scnc2-c2ccc(F)cc2)c1. The van der Waals surface area contributed by atoms with E-state index in [1.54, 1.807) is 31.5 Å². The van der Waals surface area contributed by atoms with Gasteiger partial charge in [0.1, 0.15) is 16.5 Å². The van der Waals surface area contributed by atoms with Crippen LogP contribution in [0.5, 0.6) is 0 Å². The summed E-state index contributed by atoms with van der Waals surface area (Å²) in [6.45, 7) is 4.10. The average molecular weight is 468 g/mol. The minimum atomic E-state index is -3.74. The van der Waals surface area contributed by atoms with E-state index in [0.29, 0.717) is 29.3 Å². The van der Waals surface area contributed by atoms with Crippen molar-refractivity contribution in [1.29, 1.82) is 0 Å². The van der Waals surface area contributed by atoms with Gasteiger partial charge in [-0.1, -0.05) is 25.4 Å². The number of anilines is 1. The maximum atomic E-state index is 13.2. The molecule has 1 heterocycles. The van der Waals surface area contributed by atoms with Gasteiger partial charge in [0.05, 0.1) is 21.0 Å². The molecule has 30 heavy (non-hydrogen) atoms. The molecule has 0 aliphatic carbocycles. The van der Waals surface area contributed by atoms with Crippen LogP contribution in [0, 0.1) is 5.82 Å². The molecule has 0 bridgehead atoms. The summed E-state index contributed by atoms with van der Waals surface area (Å²) >= 11 is 7.37. The maximum Gasteiger partial charge on any atom is 0.257 e. The number of amides is 1. The lowest BCUT2D eigenvalue weighted by molar-refractivity contribution is 0.102. The molecule has 1 aromatic heterocycles. The van der Waals surface area contributed by atoms with Crippen LogP contribution < -0.4 is 5.32 Å². The van der Waals surface area contributed by atoms with Crippen LogP contribution in [0.3, 0.4) is 0 Å². The highest BCUT2D eigenvalue weighted by Crippen LogP contribution is 2.32. The fraction of sp³-hybridized carbons (Fsp3) is 0.200. The van der Waals surface area contributed by atoms with Crippen molar-refractivity contribution < 1.29 is 17.6 Å². The molecular weight excluding hydrogens is 449 g/mol. The Kier molecular flexibility index (Phi) is 6.87. The number of nitrogens with one attached hydrogen (secondary N) is 1. The molecule has 1 amide bonds. The van der Waals surface area contributed by atoms with Crippen molar-refractivity contribution in [3.8, 4) is 11.3 Å². The summed E-state index contributed by atoms with van der Waals surface area (Å²) in [6, 6.07) is 9.76. The molecule has 0 saturated heterocycles. The van der Waals surface area contributed by atoms with E-state index >= 15 is 0 Å². The predicted molar refractivity (Wildman–Crippen MR) is 117 cm³/mol. The van der Waals surface area contributed by atoms with Crippen LogP contribution in [0.4, 0.5) is 9.39 Å². The normalized spacial score (nSPS) is 11.6. The molecule has 0 aliphatic rings. The molecule has 0 fully saturated rings. The summed E-state index contributed by atoms with van der Waals surface area (Å²) in [6.07, 6.45) is 0. The first-order valence-electron chi connectivity index (χ1n) is 9.08. The standard InChI is InChI=1S/C20H19ClFN3O3S2/c1-3-25(4-2)30(27,28)15-9-10-17(21)16(11-15)19(26)24-20-18(23-12-29-20)13-5-7-14(22)8-6-13/h5-12H,3-4H2,1-2H3,(H,24,26). The van der Waals surface area contributed by atoms with E-state index < -0.39 is 15.9 Å². The number of sulfonamides is 1. The van der Waals surface area contributed by atoms with Gasteiger partial charge in [-0.2, -0.15) is 4.31 Å². The number of rotatable bonds is 7. The Morgan fingerprint density at radius 2 is 1.83 bits per heavy atom. The van der Waals surface area contributed by atoms with Gasteiger partial charge < -0.3 is 5.32 Å². The van der Waals surface area contributed by atoms with E-state index in [9.17, 15) is 17.6 Å². The van der Waals surface area contributed by atoms with Crippen LogP contribution in [0.15, 0.2) is 52.9 Å². The Labute approximate surface area is 183 Å². The van der Waals surface area contributed by atoms with Crippen molar-refractivity contribution in [2.45, 2.75) is 18.7 Å². The van der Waals surface area contributed by atoms with Crippen molar-refractivity contribution >= 4 is 43.9 Å². The van der Waals surface area contributed by atoms with Crippen LogP contribution >= 0.6 is 22.9 Å². The fourth-order valence-corrected chi connectivity index (χ4v) is 5.26. The van der Waals surface area contributed by atoms with Crippen LogP contribution in [0.2, 0.25) is 5.02 Å². The molecule has 0 saturated carbocycles. The van der Waals surface area contributed by atoms with E-state index in [1.807, 2.05) is 0 Å². The topological polar surface area (TPSA) is 79.4 Å². The molecule has 158 valence electrons. The Bertz CT molecular complexity index is 1160. The van der Waals surface area contributed by atoms with Crippen molar-refractivity contribution in [2.24, 2.45) is 0 Å². The minimum absolute atomic E-state index is 0.0104. The zero-order valence-electron chi connectivity index (χ0n) is 16.2. The predicted octanol–water partition coefficient (Wildman–Crippen LogP) is 4.89. The molecule has 0 unspecified atom stereocenters. The van der Waals surface area contributed by atoms with Crippen LogP contribution in [-0.2, 0) is 10.0 Å². The van der Waals surface area contributed by atoms with Gasteiger partial charge in [0.25, 0.3) is 5.91 Å². The average Bonchev–Trinajstić information content (AvgIpc) is 3.17. The first kappa shape index (κ1) is 22.4. The highest BCUT2D eigenvalue weighted by atomic mass is 35.5. The van der Waals surface area contributed by atoms with Crippen molar-refractivity contribution in [1.82, 2.24) is 9.29 Å². The molecule has 3 aromatic rings. The second-order valence-corrected chi connectivity index (χ2v) is 9.42. The van der Waals surface area contributed by atoms with Gasteiger partial charge in [-0.3, -0.25) is 4.79 Å². The van der Waals surface area contributed by atoms with Gasteiger partial charge in [-0.15, -0.1) is 11.3 Å². The molecule has 0 aliphatic heterocycles. The van der Waals surface area contributed by atoms with Crippen LogP contribution in [0.1, 0.15) is 24.2 Å². The molecule has 10 heteroatoms. The van der Waals surface area contributed by atoms with Gasteiger partial charge in [0.15, 0.2) is 0 Å². The Morgan fingerprint density at radius 1 is 1.17 bits per heavy atom. The molecule has 1 N–H and O–H groups in total. The molecule has 0 spiro atoms. The lowest BCUT2D eigenvalue weighted by Crippen LogP contribution is -2.30. The Balaban J connectivity index is 1.92. The van der Waals surface area contributed by atoms with Crippen LogP contribution in [-0.4, -0.2) is 36.7 Å². The number of halogens is 2. The summed E-state index contributed by atoms with van der Waals surface area (Å²) in [4.78, 5) is 17.1. The highest BCUT2D eigenvalue weighted by molar-refractivity contribution is 7.89. The summed E-state index contributed by atoms with van der Waals surface area (Å²) in [5.74, 6) is -0.943. The third-order valence-corrected chi connectivity index (χ3v) is 7.56. The van der Waals surface area contributed by atoms with E-state index in [-0.39, 0.29) is 21.3 Å². The van der Waals surface area contributed by atoms with E-state index in [4.69, 9.17) is 11.6 Å². The summed E-state index contributed by atoms with van der Waals surface area (Å²) < 4.78 is 40.0. The number of carbonyl (C=O) groups excluding carboxylic acids is 1. The van der Waals surface area contributed by atoms with Crippen molar-refractivity contribution in [3.05, 3.63) is 64.4 Å². The van der Waals surface area contributed by atoms with Gasteiger partial charge in [-0.05, 0) is 42.5 Å². The number of nitrogens with zero attached hydrogens (tertiary/aromatic N) is 2. The van der Waals surface area contributed by atoms with Gasteiger partial charge >= 0.3 is 0 Å². The van der Waals surface area contributed by atoms with Gasteiger partial charge in [0.2, 0.25) is 10.0 Å². The van der Waals surface area contributed by atoms with Crippen molar-refractivity contribution in [2.75, 3.05) is 18.4 Å². The monoisotopic (exact) mass is 467 g/mol. The lowest BCUT2D eigenvalue weighted by atomic mass is 10.1. The molecule has 0 atom stereocenters. The zero-order chi connectivity index (χ0) is 21.9. The summed E-state index contributed by atoms with van der Waals surface area (Å²) in [5, 5.41) is 3.30. The lowest BCUT2D eigenvalue weighted by Gasteiger charge is -2.19. The van der Waals surface area contributed by atoms with Gasteiger partial charge in [-0.25, -0.2) is 17.8 Å².